The number of carbonyl (C=O) groups is 1. The summed E-state index contributed by atoms with van der Waals surface area (Å²) in [5.74, 6) is 0.0768. The fourth-order valence-corrected chi connectivity index (χ4v) is 3.36. The van der Waals surface area contributed by atoms with Crippen LogP contribution in [0.4, 0.5) is 0 Å². The average Bonchev–Trinajstić information content (AvgIpc) is 2.95. The molecule has 0 atom stereocenters. The number of hydrogen-bond acceptors (Lipinski definition) is 2. The molecular formula is C18H23ClN2O. The summed E-state index contributed by atoms with van der Waals surface area (Å²) in [5, 5.41) is 2.41. The number of fused-ring (bicyclic) bond motifs is 1. The number of amides is 1. The Hall–Kier alpha value is -1.58. The lowest BCUT2D eigenvalue weighted by atomic mass is 9.96. The van der Waals surface area contributed by atoms with Crippen LogP contribution in [0.1, 0.15) is 31.2 Å². The zero-order valence-corrected chi connectivity index (χ0v) is 13.7. The van der Waals surface area contributed by atoms with Crippen molar-refractivity contribution in [3.05, 3.63) is 48.0 Å². The van der Waals surface area contributed by atoms with Gasteiger partial charge < -0.3 is 10.6 Å². The van der Waals surface area contributed by atoms with E-state index in [2.05, 4.69) is 24.3 Å². The summed E-state index contributed by atoms with van der Waals surface area (Å²) in [6.07, 6.45) is 3.74. The van der Waals surface area contributed by atoms with Gasteiger partial charge in [-0.2, -0.15) is 0 Å². The fraction of sp³-hybridized carbons (Fsp3) is 0.389. The molecule has 1 amide bonds. The van der Waals surface area contributed by atoms with Crippen LogP contribution < -0.4 is 5.73 Å². The van der Waals surface area contributed by atoms with E-state index in [0.29, 0.717) is 6.54 Å². The first-order chi connectivity index (χ1) is 10.1. The number of benzene rings is 2. The molecule has 3 rings (SSSR count). The molecule has 22 heavy (non-hydrogen) atoms. The Morgan fingerprint density at radius 3 is 2.50 bits per heavy atom. The highest BCUT2D eigenvalue weighted by molar-refractivity contribution is 5.88. The lowest BCUT2D eigenvalue weighted by Gasteiger charge is -2.29. The van der Waals surface area contributed by atoms with E-state index in [9.17, 15) is 4.79 Å². The predicted octanol–water partition coefficient (Wildman–Crippen LogP) is 3.49. The summed E-state index contributed by atoms with van der Waals surface area (Å²) >= 11 is 0. The Morgan fingerprint density at radius 1 is 1.14 bits per heavy atom. The van der Waals surface area contributed by atoms with E-state index >= 15 is 0 Å². The van der Waals surface area contributed by atoms with E-state index in [1.807, 2.05) is 25.2 Å². The van der Waals surface area contributed by atoms with Crippen molar-refractivity contribution >= 4 is 29.1 Å². The van der Waals surface area contributed by atoms with Gasteiger partial charge in [-0.15, -0.1) is 12.4 Å². The molecule has 1 aliphatic rings. The van der Waals surface area contributed by atoms with Crippen LogP contribution in [0.3, 0.4) is 0 Å². The van der Waals surface area contributed by atoms with Gasteiger partial charge in [-0.05, 0) is 29.2 Å². The Kier molecular flexibility index (Phi) is 5.09. The molecule has 0 bridgehead atoms. The number of nitrogens with zero attached hydrogens (tertiary/aromatic N) is 1. The van der Waals surface area contributed by atoms with Crippen molar-refractivity contribution < 1.29 is 4.79 Å². The fourth-order valence-electron chi connectivity index (χ4n) is 3.36. The molecule has 0 heterocycles. The van der Waals surface area contributed by atoms with E-state index in [-0.39, 0.29) is 18.3 Å². The van der Waals surface area contributed by atoms with Gasteiger partial charge >= 0.3 is 0 Å². The Balaban J connectivity index is 0.00000176. The minimum atomic E-state index is -0.640. The second-order valence-corrected chi connectivity index (χ2v) is 6.16. The first-order valence-corrected chi connectivity index (χ1v) is 7.61. The van der Waals surface area contributed by atoms with Crippen molar-refractivity contribution in [1.82, 2.24) is 4.90 Å². The molecule has 1 saturated carbocycles. The minimum Gasteiger partial charge on any atom is -0.340 e. The molecule has 0 aliphatic heterocycles. The van der Waals surface area contributed by atoms with Crippen molar-refractivity contribution in [3.63, 3.8) is 0 Å². The van der Waals surface area contributed by atoms with Gasteiger partial charge in [0.2, 0.25) is 5.91 Å². The van der Waals surface area contributed by atoms with Crippen LogP contribution in [0, 0.1) is 0 Å². The van der Waals surface area contributed by atoms with Gasteiger partial charge in [-0.3, -0.25) is 4.79 Å². The van der Waals surface area contributed by atoms with Crippen molar-refractivity contribution in [1.29, 1.82) is 0 Å². The molecule has 1 aliphatic carbocycles. The number of likely N-dealkylation sites (N-methyl/N-ethyl adjacent to an activating group) is 1. The summed E-state index contributed by atoms with van der Waals surface area (Å²) in [6, 6.07) is 14.5. The van der Waals surface area contributed by atoms with E-state index < -0.39 is 5.54 Å². The maximum absolute atomic E-state index is 12.6. The van der Waals surface area contributed by atoms with Crippen LogP contribution in [0.2, 0.25) is 0 Å². The van der Waals surface area contributed by atoms with Gasteiger partial charge in [0, 0.05) is 13.6 Å². The zero-order chi connectivity index (χ0) is 14.9. The SMILES string of the molecule is CN(Cc1cccc2ccccc12)C(=O)C1(N)CCCC1.Cl. The van der Waals surface area contributed by atoms with Crippen molar-refractivity contribution in [2.24, 2.45) is 5.73 Å². The molecule has 0 radical (unpaired) electrons. The highest BCUT2D eigenvalue weighted by Gasteiger charge is 2.38. The first kappa shape index (κ1) is 16.8. The van der Waals surface area contributed by atoms with Gasteiger partial charge in [0.1, 0.15) is 0 Å². The quantitative estimate of drug-likeness (QED) is 0.941. The molecule has 0 aromatic heterocycles. The molecule has 3 nitrogen and oxygen atoms in total. The normalized spacial score (nSPS) is 16.3. The number of carbonyl (C=O) groups excluding carboxylic acids is 1. The van der Waals surface area contributed by atoms with E-state index in [0.717, 1.165) is 25.7 Å². The van der Waals surface area contributed by atoms with E-state index in [4.69, 9.17) is 5.73 Å². The van der Waals surface area contributed by atoms with Crippen LogP contribution in [0.25, 0.3) is 10.8 Å². The topological polar surface area (TPSA) is 46.3 Å². The highest BCUT2D eigenvalue weighted by Crippen LogP contribution is 2.29. The van der Waals surface area contributed by atoms with Gasteiger partial charge in [0.15, 0.2) is 0 Å². The highest BCUT2D eigenvalue weighted by atomic mass is 35.5. The van der Waals surface area contributed by atoms with Gasteiger partial charge in [-0.25, -0.2) is 0 Å². The molecule has 0 spiro atoms. The number of rotatable bonds is 3. The maximum Gasteiger partial charge on any atom is 0.242 e. The number of nitrogens with two attached hydrogens (primary N) is 1. The Bertz CT molecular complexity index is 660. The monoisotopic (exact) mass is 318 g/mol. The van der Waals surface area contributed by atoms with Crippen LogP contribution >= 0.6 is 12.4 Å². The molecule has 0 unspecified atom stereocenters. The third kappa shape index (κ3) is 3.11. The minimum absolute atomic E-state index is 0. The van der Waals surface area contributed by atoms with Crippen molar-refractivity contribution in [2.45, 2.75) is 37.8 Å². The number of halogens is 1. The van der Waals surface area contributed by atoms with Crippen molar-refractivity contribution in [3.8, 4) is 0 Å². The second kappa shape index (κ2) is 6.67. The van der Waals surface area contributed by atoms with E-state index in [1.165, 1.54) is 16.3 Å². The lowest BCUT2D eigenvalue weighted by Crippen LogP contribution is -2.52. The van der Waals surface area contributed by atoms with E-state index in [1.54, 1.807) is 4.90 Å². The van der Waals surface area contributed by atoms with Crippen LogP contribution in [-0.2, 0) is 11.3 Å². The summed E-state index contributed by atoms with van der Waals surface area (Å²) in [5.41, 5.74) is 6.81. The predicted molar refractivity (Wildman–Crippen MR) is 93.1 cm³/mol. The lowest BCUT2D eigenvalue weighted by molar-refractivity contribution is -0.136. The second-order valence-electron chi connectivity index (χ2n) is 6.16. The Labute approximate surface area is 137 Å². The largest absolute Gasteiger partial charge is 0.340 e. The third-order valence-corrected chi connectivity index (χ3v) is 4.56. The maximum atomic E-state index is 12.6. The van der Waals surface area contributed by atoms with Crippen LogP contribution in [-0.4, -0.2) is 23.4 Å². The smallest absolute Gasteiger partial charge is 0.242 e. The molecule has 118 valence electrons. The molecule has 0 saturated heterocycles. The van der Waals surface area contributed by atoms with Crippen LogP contribution in [0.5, 0.6) is 0 Å². The number of hydrogen-bond donors (Lipinski definition) is 1. The van der Waals surface area contributed by atoms with Gasteiger partial charge in [0.05, 0.1) is 5.54 Å². The van der Waals surface area contributed by atoms with Crippen molar-refractivity contribution in [2.75, 3.05) is 7.05 Å². The molecule has 2 aromatic carbocycles. The summed E-state index contributed by atoms with van der Waals surface area (Å²) in [4.78, 5) is 14.4. The average molecular weight is 319 g/mol. The molecule has 2 aromatic rings. The molecule has 4 heteroatoms. The third-order valence-electron chi connectivity index (χ3n) is 4.56. The summed E-state index contributed by atoms with van der Waals surface area (Å²) < 4.78 is 0. The van der Waals surface area contributed by atoms with Crippen LogP contribution in [0.15, 0.2) is 42.5 Å². The summed E-state index contributed by atoms with van der Waals surface area (Å²) in [6.45, 7) is 0.610. The molecule has 2 N–H and O–H groups in total. The first-order valence-electron chi connectivity index (χ1n) is 7.61. The Morgan fingerprint density at radius 2 is 1.77 bits per heavy atom. The molecule has 1 fully saturated rings. The summed E-state index contributed by atoms with van der Waals surface area (Å²) in [7, 11) is 1.86. The standard InChI is InChI=1S/C18H22N2O.ClH/c1-20(17(21)18(19)11-4-5-12-18)13-15-9-6-8-14-7-2-3-10-16(14)15;/h2-3,6-10H,4-5,11-13,19H2,1H3;1H. The zero-order valence-electron chi connectivity index (χ0n) is 12.9. The van der Waals surface area contributed by atoms with Gasteiger partial charge in [-0.1, -0.05) is 55.3 Å². The van der Waals surface area contributed by atoms with Gasteiger partial charge in [0.25, 0.3) is 0 Å². The molecular weight excluding hydrogens is 296 g/mol.